The van der Waals surface area contributed by atoms with Gasteiger partial charge in [-0.2, -0.15) is 5.10 Å². The molecule has 0 aliphatic heterocycles. The second kappa shape index (κ2) is 14.3. The summed E-state index contributed by atoms with van der Waals surface area (Å²) >= 11 is 0. The van der Waals surface area contributed by atoms with Crippen LogP contribution in [-0.4, -0.2) is 99.6 Å². The van der Waals surface area contributed by atoms with Gasteiger partial charge in [0.1, 0.15) is 12.7 Å². The molecule has 1 heterocycles. The minimum Gasteiger partial charge on any atom is -0.377 e. The van der Waals surface area contributed by atoms with E-state index in [4.69, 9.17) is 26.6 Å². The van der Waals surface area contributed by atoms with E-state index in [9.17, 15) is 0 Å². The first-order valence-corrected chi connectivity index (χ1v) is 13.7. The topological polar surface area (TPSA) is 89.3 Å². The zero-order valence-electron chi connectivity index (χ0n) is 18.8. The summed E-state index contributed by atoms with van der Waals surface area (Å²) in [5.74, 6) is 0. The van der Waals surface area contributed by atoms with E-state index in [0.717, 1.165) is 57.5 Å². The standard InChI is InChI=1S/C17H38N4O6Si2/c1-22-28(23-2,24-3)14-8-11-20(10-7-13-21-17-18-16-19-21)12-9-15-29(25-4,26-5)27-6/h16-17H,7-15H2,1-6H3. The van der Waals surface area contributed by atoms with E-state index in [1.807, 2.05) is 4.68 Å². The number of hydrogen-bond donors (Lipinski definition) is 0. The lowest BCUT2D eigenvalue weighted by atomic mass is 10.3. The van der Waals surface area contributed by atoms with Crippen molar-refractivity contribution in [3.8, 4) is 0 Å². The Kier molecular flexibility index (Phi) is 13.0. The maximum Gasteiger partial charge on any atom is 0.500 e. The smallest absolute Gasteiger partial charge is 0.377 e. The largest absolute Gasteiger partial charge is 0.500 e. The summed E-state index contributed by atoms with van der Waals surface area (Å²) in [5.41, 5.74) is 0. The fourth-order valence-corrected chi connectivity index (χ4v) is 6.70. The first-order valence-electron chi connectivity index (χ1n) is 9.88. The molecule has 29 heavy (non-hydrogen) atoms. The highest BCUT2D eigenvalue weighted by Gasteiger charge is 2.38. The van der Waals surface area contributed by atoms with Crippen molar-refractivity contribution in [3.05, 3.63) is 12.7 Å². The molecule has 0 unspecified atom stereocenters. The van der Waals surface area contributed by atoms with E-state index >= 15 is 0 Å². The zero-order valence-corrected chi connectivity index (χ0v) is 20.8. The third-order valence-corrected chi connectivity index (χ3v) is 10.8. The van der Waals surface area contributed by atoms with Gasteiger partial charge in [-0.25, -0.2) is 4.98 Å². The lowest BCUT2D eigenvalue weighted by Crippen LogP contribution is -2.44. The molecule has 0 spiro atoms. The second-order valence-electron chi connectivity index (χ2n) is 6.65. The number of hydrogen-bond acceptors (Lipinski definition) is 9. The van der Waals surface area contributed by atoms with Gasteiger partial charge in [-0.1, -0.05) is 0 Å². The fraction of sp³-hybridized carbons (Fsp3) is 0.882. The molecule has 0 saturated carbocycles. The fourth-order valence-electron chi connectivity index (χ4n) is 3.29. The highest BCUT2D eigenvalue weighted by molar-refractivity contribution is 6.60. The van der Waals surface area contributed by atoms with Crippen LogP contribution >= 0.6 is 0 Å². The molecule has 1 rings (SSSR count). The number of rotatable bonds is 18. The molecule has 0 aliphatic rings. The molecule has 0 fully saturated rings. The molecule has 1 aromatic heterocycles. The minimum absolute atomic E-state index is 0.781. The summed E-state index contributed by atoms with van der Waals surface area (Å²) < 4.78 is 35.0. The Morgan fingerprint density at radius 2 is 1.17 bits per heavy atom. The summed E-state index contributed by atoms with van der Waals surface area (Å²) in [6.07, 6.45) is 6.17. The molecule has 0 saturated heterocycles. The molecule has 170 valence electrons. The van der Waals surface area contributed by atoms with Crippen LogP contribution in [0.1, 0.15) is 19.3 Å². The number of aromatic nitrogens is 3. The van der Waals surface area contributed by atoms with Gasteiger partial charge in [0, 0.05) is 61.3 Å². The van der Waals surface area contributed by atoms with Crippen molar-refractivity contribution >= 4 is 17.6 Å². The predicted molar refractivity (Wildman–Crippen MR) is 113 cm³/mol. The molecule has 0 aromatic carbocycles. The molecule has 10 nitrogen and oxygen atoms in total. The van der Waals surface area contributed by atoms with Crippen LogP contribution in [-0.2, 0) is 33.1 Å². The lowest BCUT2D eigenvalue weighted by molar-refractivity contribution is 0.119. The van der Waals surface area contributed by atoms with Gasteiger partial charge in [0.25, 0.3) is 0 Å². The van der Waals surface area contributed by atoms with Gasteiger partial charge >= 0.3 is 17.6 Å². The quantitative estimate of drug-likeness (QED) is 0.309. The van der Waals surface area contributed by atoms with Crippen LogP contribution in [0.15, 0.2) is 12.7 Å². The Balaban J connectivity index is 2.55. The Labute approximate surface area is 177 Å². The summed E-state index contributed by atoms with van der Waals surface area (Å²) in [7, 11) is 4.83. The molecule has 0 atom stereocenters. The van der Waals surface area contributed by atoms with Crippen LogP contribution in [0.5, 0.6) is 0 Å². The molecule has 0 amide bonds. The zero-order chi connectivity index (χ0) is 21.6. The highest BCUT2D eigenvalue weighted by Crippen LogP contribution is 2.18. The van der Waals surface area contributed by atoms with E-state index in [2.05, 4.69) is 15.0 Å². The third-order valence-electron chi connectivity index (χ3n) is 5.11. The van der Waals surface area contributed by atoms with Crippen LogP contribution in [0.4, 0.5) is 0 Å². The maximum absolute atomic E-state index is 5.53. The van der Waals surface area contributed by atoms with Crippen molar-refractivity contribution in [1.29, 1.82) is 0 Å². The summed E-state index contributed by atoms with van der Waals surface area (Å²) in [4.78, 5) is 6.44. The van der Waals surface area contributed by atoms with Crippen LogP contribution < -0.4 is 0 Å². The van der Waals surface area contributed by atoms with E-state index in [-0.39, 0.29) is 0 Å². The first-order chi connectivity index (χ1) is 14.0. The summed E-state index contributed by atoms with van der Waals surface area (Å²) in [6.45, 7) is 3.67. The van der Waals surface area contributed by atoms with Crippen LogP contribution in [0.3, 0.4) is 0 Å². The molecule has 12 heteroatoms. The molecule has 1 aromatic rings. The van der Waals surface area contributed by atoms with E-state index in [0.29, 0.717) is 0 Å². The second-order valence-corrected chi connectivity index (χ2v) is 12.8. The average molecular weight is 451 g/mol. The number of aryl methyl sites for hydroxylation is 1. The monoisotopic (exact) mass is 450 g/mol. The Hall–Kier alpha value is -0.706. The van der Waals surface area contributed by atoms with Crippen LogP contribution in [0.2, 0.25) is 12.1 Å². The Morgan fingerprint density at radius 3 is 1.55 bits per heavy atom. The summed E-state index contributed by atoms with van der Waals surface area (Å²) in [6, 6.07) is 1.56. The van der Waals surface area contributed by atoms with Gasteiger partial charge in [-0.3, -0.25) is 4.68 Å². The van der Waals surface area contributed by atoms with Crippen LogP contribution in [0.25, 0.3) is 0 Å². The third kappa shape index (κ3) is 8.90. The van der Waals surface area contributed by atoms with Gasteiger partial charge in [0.15, 0.2) is 0 Å². The Morgan fingerprint density at radius 1 is 0.724 bits per heavy atom. The Bertz CT molecular complexity index is 476. The van der Waals surface area contributed by atoms with Crippen molar-refractivity contribution in [3.63, 3.8) is 0 Å². The molecular formula is C17H38N4O6Si2. The molecular weight excluding hydrogens is 412 g/mol. The van der Waals surface area contributed by atoms with Crippen molar-refractivity contribution < 1.29 is 26.6 Å². The minimum atomic E-state index is -2.54. The van der Waals surface area contributed by atoms with E-state index in [1.54, 1.807) is 55.3 Å². The lowest BCUT2D eigenvalue weighted by Gasteiger charge is -2.28. The van der Waals surface area contributed by atoms with Crippen LogP contribution in [0, 0.1) is 0 Å². The first kappa shape index (κ1) is 26.3. The summed E-state index contributed by atoms with van der Waals surface area (Å²) in [5, 5.41) is 4.17. The van der Waals surface area contributed by atoms with Gasteiger partial charge in [-0.05, 0) is 38.9 Å². The normalized spacial score (nSPS) is 12.8. The highest BCUT2D eigenvalue weighted by atomic mass is 28.4. The van der Waals surface area contributed by atoms with Crippen molar-refractivity contribution in [2.75, 3.05) is 62.3 Å². The maximum atomic E-state index is 5.53. The molecule has 0 N–H and O–H groups in total. The SMILES string of the molecule is CO[Si](CCCN(CCCn1cncn1)CCC[Si](OC)(OC)OC)(OC)OC. The number of nitrogens with zero attached hydrogens (tertiary/aromatic N) is 4. The van der Waals surface area contributed by atoms with E-state index in [1.165, 1.54) is 0 Å². The van der Waals surface area contributed by atoms with Gasteiger partial charge in [0.05, 0.1) is 0 Å². The van der Waals surface area contributed by atoms with Crippen molar-refractivity contribution in [1.82, 2.24) is 19.7 Å². The molecule has 0 aliphatic carbocycles. The molecule has 0 radical (unpaired) electrons. The molecule has 0 bridgehead atoms. The average Bonchev–Trinajstić information content (AvgIpc) is 3.28. The van der Waals surface area contributed by atoms with Gasteiger partial charge in [-0.15, -0.1) is 0 Å². The van der Waals surface area contributed by atoms with Gasteiger partial charge < -0.3 is 31.5 Å². The van der Waals surface area contributed by atoms with Gasteiger partial charge in [0.2, 0.25) is 0 Å². The van der Waals surface area contributed by atoms with Crippen molar-refractivity contribution in [2.45, 2.75) is 37.9 Å². The van der Waals surface area contributed by atoms with Crippen molar-refractivity contribution in [2.24, 2.45) is 0 Å². The van der Waals surface area contributed by atoms with E-state index < -0.39 is 17.6 Å². The predicted octanol–water partition coefficient (Wildman–Crippen LogP) is 1.51.